The molecule has 9 heteroatoms. The maximum atomic E-state index is 12.6. The minimum absolute atomic E-state index is 0.0200. The van der Waals surface area contributed by atoms with Crippen LogP contribution in [0.3, 0.4) is 0 Å². The molecule has 0 atom stereocenters. The number of hydrogen-bond acceptors (Lipinski definition) is 7. The molecule has 0 saturated carbocycles. The van der Waals surface area contributed by atoms with Crippen LogP contribution in [0, 0.1) is 20.8 Å². The molecule has 0 aliphatic carbocycles. The van der Waals surface area contributed by atoms with Gasteiger partial charge in [-0.2, -0.15) is 0 Å². The molecule has 0 unspecified atom stereocenters. The number of aryl methyl sites for hydroxylation is 2. The predicted octanol–water partition coefficient (Wildman–Crippen LogP) is 3.68. The first-order chi connectivity index (χ1) is 12.3. The van der Waals surface area contributed by atoms with Gasteiger partial charge in [-0.15, -0.1) is 11.3 Å². The number of nitrogens with zero attached hydrogens (tertiary/aromatic N) is 1. The summed E-state index contributed by atoms with van der Waals surface area (Å²) in [5.41, 5.74) is 2.17. The van der Waals surface area contributed by atoms with E-state index in [0.717, 1.165) is 16.9 Å². The first kappa shape index (κ1) is 18.2. The van der Waals surface area contributed by atoms with Crippen LogP contribution in [-0.4, -0.2) is 19.5 Å². The minimum atomic E-state index is -4.03. The Morgan fingerprint density at radius 1 is 1.15 bits per heavy atom. The Balaban J connectivity index is 1.86. The molecule has 0 amide bonds. The van der Waals surface area contributed by atoms with Crippen LogP contribution in [-0.2, 0) is 10.0 Å². The van der Waals surface area contributed by atoms with E-state index >= 15 is 0 Å². The summed E-state index contributed by atoms with van der Waals surface area (Å²) in [4.78, 5) is 12.2. The fourth-order valence-corrected chi connectivity index (χ4v) is 4.45. The summed E-state index contributed by atoms with van der Waals surface area (Å²) in [6.07, 6.45) is 0. The van der Waals surface area contributed by atoms with Crippen molar-refractivity contribution in [2.24, 2.45) is 0 Å². The van der Waals surface area contributed by atoms with E-state index in [4.69, 9.17) is 9.26 Å². The molecule has 0 radical (unpaired) electrons. The quantitative estimate of drug-likeness (QED) is 0.525. The van der Waals surface area contributed by atoms with Gasteiger partial charge in [0.25, 0.3) is 10.0 Å². The number of carbonyl (C=O) groups excluding carboxylic acids is 1. The largest absolute Gasteiger partial charge is 0.422 e. The maximum Gasteiger partial charge on any atom is 0.355 e. The highest BCUT2D eigenvalue weighted by atomic mass is 32.2. The normalized spacial score (nSPS) is 11.3. The lowest BCUT2D eigenvalue weighted by atomic mass is 10.2. The second-order valence-corrected chi connectivity index (χ2v) is 8.21. The van der Waals surface area contributed by atoms with Gasteiger partial charge in [-0.1, -0.05) is 22.9 Å². The van der Waals surface area contributed by atoms with Crippen LogP contribution >= 0.6 is 11.3 Å². The number of ether oxygens (including phenoxy) is 1. The summed E-state index contributed by atoms with van der Waals surface area (Å²) in [6.45, 7) is 5.30. The number of anilines is 1. The zero-order valence-electron chi connectivity index (χ0n) is 14.3. The van der Waals surface area contributed by atoms with E-state index in [1.54, 1.807) is 38.1 Å². The predicted molar refractivity (Wildman–Crippen MR) is 97.2 cm³/mol. The molecule has 0 fully saturated rings. The van der Waals surface area contributed by atoms with Gasteiger partial charge in [0, 0.05) is 5.56 Å². The van der Waals surface area contributed by atoms with Gasteiger partial charge in [0.2, 0.25) is 5.88 Å². The van der Waals surface area contributed by atoms with Gasteiger partial charge in [-0.3, -0.25) is 0 Å². The molecular formula is C17H16N2O5S2. The van der Waals surface area contributed by atoms with E-state index in [1.165, 1.54) is 11.4 Å². The van der Waals surface area contributed by atoms with E-state index < -0.39 is 16.0 Å². The highest BCUT2D eigenvalue weighted by Crippen LogP contribution is 2.27. The molecule has 0 saturated heterocycles. The second-order valence-electron chi connectivity index (χ2n) is 5.64. The van der Waals surface area contributed by atoms with E-state index in [1.807, 2.05) is 6.92 Å². The third-order valence-electron chi connectivity index (χ3n) is 3.72. The summed E-state index contributed by atoms with van der Waals surface area (Å²) in [5.74, 6) is -0.381. The Hall–Kier alpha value is -2.65. The van der Waals surface area contributed by atoms with Crippen LogP contribution in [0.5, 0.6) is 5.75 Å². The van der Waals surface area contributed by atoms with E-state index in [9.17, 15) is 13.2 Å². The Labute approximate surface area is 154 Å². The number of rotatable bonds is 5. The molecule has 0 aliphatic rings. The average Bonchev–Trinajstić information content (AvgIpc) is 3.20. The van der Waals surface area contributed by atoms with Gasteiger partial charge in [0.1, 0.15) is 15.5 Å². The van der Waals surface area contributed by atoms with Gasteiger partial charge in [-0.05, 0) is 44.4 Å². The highest BCUT2D eigenvalue weighted by molar-refractivity contribution is 7.93. The van der Waals surface area contributed by atoms with E-state index in [2.05, 4.69) is 9.88 Å². The van der Waals surface area contributed by atoms with E-state index in [-0.39, 0.29) is 15.7 Å². The molecule has 136 valence electrons. The SMILES string of the molecule is Cc1ccc(OC(=O)c2sccc2S(=O)(=O)Nc2onc(C)c2C)cc1. The highest BCUT2D eigenvalue weighted by Gasteiger charge is 2.27. The fraction of sp³-hybridized carbons (Fsp3) is 0.176. The number of benzene rings is 1. The molecular weight excluding hydrogens is 376 g/mol. The van der Waals surface area contributed by atoms with Crippen molar-refractivity contribution in [3.63, 3.8) is 0 Å². The van der Waals surface area contributed by atoms with Crippen molar-refractivity contribution in [2.45, 2.75) is 25.7 Å². The van der Waals surface area contributed by atoms with Gasteiger partial charge >= 0.3 is 5.97 Å². The molecule has 0 aliphatic heterocycles. The van der Waals surface area contributed by atoms with Crippen molar-refractivity contribution in [3.05, 3.63) is 57.4 Å². The van der Waals surface area contributed by atoms with Crippen LogP contribution in [0.25, 0.3) is 0 Å². The van der Waals surface area contributed by atoms with Crippen LogP contribution < -0.4 is 9.46 Å². The van der Waals surface area contributed by atoms with Gasteiger partial charge < -0.3 is 9.26 Å². The Bertz CT molecular complexity index is 1050. The van der Waals surface area contributed by atoms with Crippen LogP contribution in [0.4, 0.5) is 5.88 Å². The third-order valence-corrected chi connectivity index (χ3v) is 6.12. The zero-order chi connectivity index (χ0) is 18.9. The number of carbonyl (C=O) groups is 1. The van der Waals surface area contributed by atoms with Gasteiger partial charge in [0.15, 0.2) is 0 Å². The first-order valence-electron chi connectivity index (χ1n) is 7.60. The standard InChI is InChI=1S/C17H16N2O5S2/c1-10-4-6-13(7-5-10)23-17(20)15-14(8-9-25-15)26(21,22)19-16-11(2)12(3)18-24-16/h4-9,19H,1-3H3. The van der Waals surface area contributed by atoms with Crippen LogP contribution in [0.1, 0.15) is 26.5 Å². The maximum absolute atomic E-state index is 12.6. The lowest BCUT2D eigenvalue weighted by molar-refractivity contribution is 0.0736. The third kappa shape index (κ3) is 3.63. The van der Waals surface area contributed by atoms with Crippen molar-refractivity contribution in [1.82, 2.24) is 5.16 Å². The smallest absolute Gasteiger partial charge is 0.355 e. The molecule has 7 nitrogen and oxygen atoms in total. The number of esters is 1. The molecule has 0 bridgehead atoms. The Morgan fingerprint density at radius 2 is 1.85 bits per heavy atom. The molecule has 3 aromatic rings. The number of nitrogens with one attached hydrogen (secondary N) is 1. The molecule has 2 heterocycles. The molecule has 1 aromatic carbocycles. The van der Waals surface area contributed by atoms with E-state index in [0.29, 0.717) is 17.0 Å². The van der Waals surface area contributed by atoms with Crippen LogP contribution in [0.15, 0.2) is 45.1 Å². The van der Waals surface area contributed by atoms with Crippen LogP contribution in [0.2, 0.25) is 0 Å². The molecule has 3 rings (SSSR count). The lowest BCUT2D eigenvalue weighted by Crippen LogP contribution is -2.17. The number of sulfonamides is 1. The van der Waals surface area contributed by atoms with Crippen molar-refractivity contribution >= 4 is 33.2 Å². The topological polar surface area (TPSA) is 98.5 Å². The van der Waals surface area contributed by atoms with Gasteiger partial charge in [0.05, 0.1) is 5.69 Å². The lowest BCUT2D eigenvalue weighted by Gasteiger charge is -2.07. The molecule has 2 aromatic heterocycles. The molecule has 1 N–H and O–H groups in total. The molecule has 26 heavy (non-hydrogen) atoms. The van der Waals surface area contributed by atoms with Crippen molar-refractivity contribution in [1.29, 1.82) is 0 Å². The van der Waals surface area contributed by atoms with Crippen molar-refractivity contribution in [3.8, 4) is 5.75 Å². The summed E-state index contributed by atoms with van der Waals surface area (Å²) in [5, 5.41) is 5.22. The summed E-state index contributed by atoms with van der Waals surface area (Å²) in [6, 6.07) is 8.23. The summed E-state index contributed by atoms with van der Waals surface area (Å²) in [7, 11) is -4.03. The number of thiophene rings is 1. The Kier molecular flexibility index (Phi) is 4.84. The zero-order valence-corrected chi connectivity index (χ0v) is 15.9. The first-order valence-corrected chi connectivity index (χ1v) is 9.96. The summed E-state index contributed by atoms with van der Waals surface area (Å²) >= 11 is 0.987. The van der Waals surface area contributed by atoms with Crippen molar-refractivity contribution < 1.29 is 22.5 Å². The fourth-order valence-electron chi connectivity index (χ4n) is 2.11. The summed E-state index contributed by atoms with van der Waals surface area (Å²) < 4.78 is 37.9. The minimum Gasteiger partial charge on any atom is -0.422 e. The molecule has 0 spiro atoms. The van der Waals surface area contributed by atoms with Gasteiger partial charge in [-0.25, -0.2) is 17.9 Å². The number of hydrogen-bond donors (Lipinski definition) is 1. The number of aromatic nitrogens is 1. The monoisotopic (exact) mass is 392 g/mol. The van der Waals surface area contributed by atoms with Crippen molar-refractivity contribution in [2.75, 3.05) is 4.72 Å². The second kappa shape index (κ2) is 6.93. The average molecular weight is 392 g/mol. The Morgan fingerprint density at radius 3 is 2.46 bits per heavy atom.